The maximum Gasteiger partial charge on any atom is 0.182 e. The highest BCUT2D eigenvalue weighted by molar-refractivity contribution is 8.93. The Bertz CT molecular complexity index is 821. The van der Waals surface area contributed by atoms with Crippen molar-refractivity contribution in [3.63, 3.8) is 0 Å². The van der Waals surface area contributed by atoms with Gasteiger partial charge in [0, 0.05) is 23.5 Å². The first kappa shape index (κ1) is 21.5. The van der Waals surface area contributed by atoms with Gasteiger partial charge in [-0.25, -0.2) is 0 Å². The molecule has 0 N–H and O–H groups in total. The van der Waals surface area contributed by atoms with Gasteiger partial charge in [-0.05, 0) is 61.7 Å². The van der Waals surface area contributed by atoms with Crippen LogP contribution >= 0.6 is 28.7 Å². The van der Waals surface area contributed by atoms with Crippen molar-refractivity contribution in [2.75, 3.05) is 30.9 Å². The Balaban J connectivity index is 0.00000261. The van der Waals surface area contributed by atoms with Crippen molar-refractivity contribution < 1.29 is 9.53 Å². The summed E-state index contributed by atoms with van der Waals surface area (Å²) in [6.07, 6.45) is 1.08. The topological polar surface area (TPSA) is 41.9 Å². The molecule has 1 heterocycles. The summed E-state index contributed by atoms with van der Waals surface area (Å²) in [7, 11) is 1.62. The van der Waals surface area contributed by atoms with Crippen LogP contribution in [0.2, 0.25) is 0 Å². The van der Waals surface area contributed by atoms with Gasteiger partial charge in [-0.3, -0.25) is 9.79 Å². The predicted octanol–water partition coefficient (Wildman–Crippen LogP) is 5.07. The fourth-order valence-corrected chi connectivity index (χ4v) is 3.85. The van der Waals surface area contributed by atoms with E-state index in [1.54, 1.807) is 18.9 Å². The van der Waals surface area contributed by atoms with E-state index < -0.39 is 0 Å². The van der Waals surface area contributed by atoms with E-state index in [1.165, 1.54) is 5.56 Å². The smallest absolute Gasteiger partial charge is 0.182 e. The van der Waals surface area contributed by atoms with Gasteiger partial charge in [-0.2, -0.15) is 0 Å². The Kier molecular flexibility index (Phi) is 7.92. The quantitative estimate of drug-likeness (QED) is 0.598. The van der Waals surface area contributed by atoms with Gasteiger partial charge in [-0.1, -0.05) is 23.9 Å². The van der Waals surface area contributed by atoms with Crippen LogP contribution < -0.4 is 9.64 Å². The number of methoxy groups -OCH3 is 1. The zero-order chi connectivity index (χ0) is 18.5. The summed E-state index contributed by atoms with van der Waals surface area (Å²) >= 11 is 1.73. The van der Waals surface area contributed by atoms with E-state index in [0.29, 0.717) is 5.56 Å². The van der Waals surface area contributed by atoms with Crippen LogP contribution in [0.15, 0.2) is 47.5 Å². The van der Waals surface area contributed by atoms with E-state index in [0.717, 1.165) is 40.9 Å². The number of amidine groups is 1. The number of rotatable bonds is 5. The highest BCUT2D eigenvalue weighted by atomic mass is 79.9. The Morgan fingerprint density at radius 2 is 1.93 bits per heavy atom. The van der Waals surface area contributed by atoms with Crippen molar-refractivity contribution in [2.24, 2.45) is 4.99 Å². The van der Waals surface area contributed by atoms with Gasteiger partial charge in [0.25, 0.3) is 0 Å². The number of Topliss-reactive ketones (excluding diaryl/α,β-unsaturated/α-hetero) is 1. The lowest BCUT2D eigenvalue weighted by molar-refractivity contribution is 0.100. The second-order valence-electron chi connectivity index (χ2n) is 6.39. The van der Waals surface area contributed by atoms with Crippen LogP contribution in [0.3, 0.4) is 0 Å². The van der Waals surface area contributed by atoms with E-state index in [1.807, 2.05) is 24.3 Å². The number of halogens is 1. The van der Waals surface area contributed by atoms with Crippen molar-refractivity contribution in [1.82, 2.24) is 0 Å². The van der Waals surface area contributed by atoms with E-state index >= 15 is 0 Å². The molecule has 0 amide bonds. The first-order valence-corrected chi connectivity index (χ1v) is 9.76. The summed E-state index contributed by atoms with van der Waals surface area (Å²) in [5.41, 5.74) is 4.06. The fraction of sp³-hybridized carbons (Fsp3) is 0.333. The number of benzene rings is 2. The summed E-state index contributed by atoms with van der Waals surface area (Å²) in [6, 6.07) is 13.6. The molecule has 4 nitrogen and oxygen atoms in total. The maximum atomic E-state index is 12.9. The zero-order valence-corrected chi connectivity index (χ0v) is 18.4. The Morgan fingerprint density at radius 1 is 1.19 bits per heavy atom. The normalized spacial score (nSPS) is 13.4. The van der Waals surface area contributed by atoms with Crippen LogP contribution in [0.1, 0.15) is 27.9 Å². The number of aliphatic imine (C=N–C) groups is 1. The van der Waals surface area contributed by atoms with Crippen LogP contribution in [-0.2, 0) is 0 Å². The molecule has 0 saturated carbocycles. The van der Waals surface area contributed by atoms with Crippen molar-refractivity contribution in [1.29, 1.82) is 0 Å². The number of ketones is 1. The first-order chi connectivity index (χ1) is 12.6. The molecule has 0 aliphatic carbocycles. The third kappa shape index (κ3) is 5.36. The lowest BCUT2D eigenvalue weighted by Gasteiger charge is -2.28. The van der Waals surface area contributed by atoms with E-state index in [2.05, 4.69) is 41.9 Å². The zero-order valence-electron chi connectivity index (χ0n) is 15.9. The Hall–Kier alpha value is -1.79. The molecule has 0 saturated heterocycles. The summed E-state index contributed by atoms with van der Waals surface area (Å²) in [5, 5.41) is 0.937. The van der Waals surface area contributed by atoms with Crippen LogP contribution in [-0.4, -0.2) is 36.9 Å². The van der Waals surface area contributed by atoms with E-state index in [9.17, 15) is 4.79 Å². The molecule has 144 valence electrons. The highest BCUT2D eigenvalue weighted by Crippen LogP contribution is 2.27. The largest absolute Gasteiger partial charge is 0.497 e. The van der Waals surface area contributed by atoms with Gasteiger partial charge in [0.05, 0.1) is 13.7 Å². The molecule has 1 aliphatic heterocycles. The molecule has 1 aliphatic rings. The van der Waals surface area contributed by atoms with Crippen LogP contribution in [0.25, 0.3) is 0 Å². The molecule has 0 fully saturated rings. The van der Waals surface area contributed by atoms with Gasteiger partial charge in [0.1, 0.15) is 5.75 Å². The monoisotopic (exact) mass is 448 g/mol. The predicted molar refractivity (Wildman–Crippen MR) is 120 cm³/mol. The SMILES string of the molecule is Br.COc1ccc(C(=O)CN(C2=NCCCS2)c2cc(C)ccc2C)cc1. The fourth-order valence-electron chi connectivity index (χ4n) is 2.89. The second-order valence-corrected chi connectivity index (χ2v) is 7.46. The minimum Gasteiger partial charge on any atom is -0.497 e. The van der Waals surface area contributed by atoms with E-state index in [4.69, 9.17) is 4.74 Å². The number of nitrogens with zero attached hydrogens (tertiary/aromatic N) is 2. The highest BCUT2D eigenvalue weighted by Gasteiger charge is 2.22. The number of carbonyl (C=O) groups excluding carboxylic acids is 1. The van der Waals surface area contributed by atoms with Gasteiger partial charge >= 0.3 is 0 Å². The lowest BCUT2D eigenvalue weighted by Crippen LogP contribution is -2.36. The van der Waals surface area contributed by atoms with Crippen LogP contribution in [0, 0.1) is 13.8 Å². The van der Waals surface area contributed by atoms with Gasteiger partial charge < -0.3 is 9.64 Å². The molecule has 3 rings (SSSR count). The summed E-state index contributed by atoms with van der Waals surface area (Å²) in [5.74, 6) is 1.86. The molecule has 0 bridgehead atoms. The standard InChI is InChI=1S/C21H24N2O2S.BrH/c1-15-5-6-16(2)19(13-15)23(21-22-11-4-12-26-21)14-20(24)17-7-9-18(25-3)10-8-17;/h5-10,13H,4,11-12,14H2,1-3H3;1H. The average molecular weight is 449 g/mol. The van der Waals surface area contributed by atoms with Gasteiger partial charge in [0.15, 0.2) is 11.0 Å². The maximum absolute atomic E-state index is 12.9. The van der Waals surface area contributed by atoms with Crippen LogP contribution in [0.4, 0.5) is 5.69 Å². The first-order valence-electron chi connectivity index (χ1n) is 8.78. The molecular weight excluding hydrogens is 424 g/mol. The number of ether oxygens (including phenoxy) is 1. The molecule has 0 spiro atoms. The van der Waals surface area contributed by atoms with Gasteiger partial charge in [-0.15, -0.1) is 17.0 Å². The Labute approximate surface area is 175 Å². The molecule has 2 aromatic rings. The summed E-state index contributed by atoms with van der Waals surface area (Å²) < 4.78 is 5.18. The van der Waals surface area contributed by atoms with Crippen LogP contribution in [0.5, 0.6) is 5.75 Å². The van der Waals surface area contributed by atoms with Crippen molar-refractivity contribution >= 4 is 45.4 Å². The molecular formula is C21H25BrN2O2S. The minimum absolute atomic E-state index is 0. The Morgan fingerprint density at radius 3 is 2.56 bits per heavy atom. The number of aryl methyl sites for hydroxylation is 2. The molecule has 0 aromatic heterocycles. The number of hydrogen-bond acceptors (Lipinski definition) is 5. The summed E-state index contributed by atoms with van der Waals surface area (Å²) in [4.78, 5) is 19.7. The third-order valence-electron chi connectivity index (χ3n) is 4.38. The van der Waals surface area contributed by atoms with Crippen molar-refractivity contribution in [2.45, 2.75) is 20.3 Å². The number of thioether (sulfide) groups is 1. The average Bonchev–Trinajstić information content (AvgIpc) is 2.68. The lowest BCUT2D eigenvalue weighted by atomic mass is 10.1. The minimum atomic E-state index is 0. The second kappa shape index (κ2) is 9.95. The third-order valence-corrected chi connectivity index (χ3v) is 5.48. The van der Waals surface area contributed by atoms with Crippen molar-refractivity contribution in [3.05, 3.63) is 59.2 Å². The van der Waals surface area contributed by atoms with Gasteiger partial charge in [0.2, 0.25) is 0 Å². The van der Waals surface area contributed by atoms with Crippen molar-refractivity contribution in [3.8, 4) is 5.75 Å². The molecule has 0 radical (unpaired) electrons. The molecule has 2 aromatic carbocycles. The molecule has 0 unspecified atom stereocenters. The molecule has 27 heavy (non-hydrogen) atoms. The summed E-state index contributed by atoms with van der Waals surface area (Å²) in [6.45, 7) is 5.25. The van der Waals surface area contributed by atoms with E-state index in [-0.39, 0.29) is 29.3 Å². The number of hydrogen-bond donors (Lipinski definition) is 0. The molecule has 6 heteroatoms. The molecule has 0 atom stereocenters. The number of anilines is 1. The number of carbonyl (C=O) groups is 1.